The first-order valence-corrected chi connectivity index (χ1v) is 7.16. The molecule has 0 radical (unpaired) electrons. The van der Waals surface area contributed by atoms with Gasteiger partial charge in [-0.3, -0.25) is 0 Å². The average Bonchev–Trinajstić information content (AvgIpc) is 2.87. The van der Waals surface area contributed by atoms with Crippen LogP contribution in [0.3, 0.4) is 0 Å². The predicted molar refractivity (Wildman–Crippen MR) is 72.3 cm³/mol. The second-order valence-electron chi connectivity index (χ2n) is 6.96. The summed E-state index contributed by atoms with van der Waals surface area (Å²) in [5.74, 6) is 5.59. The van der Waals surface area contributed by atoms with Crippen LogP contribution >= 0.6 is 0 Å². The van der Waals surface area contributed by atoms with Crippen molar-refractivity contribution in [3.05, 3.63) is 0 Å². The molecule has 1 saturated heterocycles. The summed E-state index contributed by atoms with van der Waals surface area (Å²) in [5.41, 5.74) is -0.237. The van der Waals surface area contributed by atoms with Crippen molar-refractivity contribution in [2.75, 3.05) is 19.7 Å². The van der Waals surface area contributed by atoms with Crippen molar-refractivity contribution in [1.82, 2.24) is 4.90 Å². The number of nitrogens with two attached hydrogens (primary N) is 1. The number of likely N-dealkylation sites (tertiary alicyclic amines) is 1. The fraction of sp³-hybridized carbons (Fsp3) is 0.929. The highest BCUT2D eigenvalue weighted by Gasteiger charge is 2.49. The van der Waals surface area contributed by atoms with Gasteiger partial charge < -0.3 is 14.5 Å². The quantitative estimate of drug-likeness (QED) is 0.782. The molecule has 0 aromatic rings. The summed E-state index contributed by atoms with van der Waals surface area (Å²) in [4.78, 5) is 18.9. The van der Waals surface area contributed by atoms with Crippen LogP contribution in [0.25, 0.3) is 0 Å². The van der Waals surface area contributed by atoms with Crippen molar-refractivity contribution in [1.29, 1.82) is 0 Å². The Morgan fingerprint density at radius 2 is 2.00 bits per heavy atom. The fourth-order valence-electron chi connectivity index (χ4n) is 3.49. The zero-order chi connectivity index (χ0) is 14.1. The van der Waals surface area contributed by atoms with E-state index in [0.717, 1.165) is 6.54 Å². The highest BCUT2D eigenvalue weighted by Crippen LogP contribution is 2.49. The van der Waals surface area contributed by atoms with Gasteiger partial charge in [0.25, 0.3) is 0 Å². The Hall–Kier alpha value is -0.810. The molecule has 1 amide bonds. The summed E-state index contributed by atoms with van der Waals surface area (Å²) in [6, 6.07) is 0. The third-order valence-electron chi connectivity index (χ3n) is 4.36. The summed E-state index contributed by atoms with van der Waals surface area (Å²) in [5, 5.41) is 0. The summed E-state index contributed by atoms with van der Waals surface area (Å²) >= 11 is 0. The number of nitrogens with zero attached hydrogens (tertiary/aromatic N) is 1. The van der Waals surface area contributed by atoms with Gasteiger partial charge in [-0.2, -0.15) is 0 Å². The molecule has 0 aromatic heterocycles. The van der Waals surface area contributed by atoms with E-state index in [1.165, 1.54) is 25.7 Å². The zero-order valence-electron chi connectivity index (χ0n) is 12.3. The molecule has 0 bridgehead atoms. The van der Waals surface area contributed by atoms with Crippen LogP contribution in [0.15, 0.2) is 0 Å². The van der Waals surface area contributed by atoms with Crippen molar-refractivity contribution in [3.63, 3.8) is 0 Å². The summed E-state index contributed by atoms with van der Waals surface area (Å²) in [7, 11) is 0. The van der Waals surface area contributed by atoms with Crippen LogP contribution in [0.4, 0.5) is 4.79 Å². The van der Waals surface area contributed by atoms with Gasteiger partial charge in [-0.05, 0) is 39.0 Å². The maximum atomic E-state index is 12.2. The van der Waals surface area contributed by atoms with Crippen molar-refractivity contribution in [2.24, 2.45) is 17.2 Å². The minimum Gasteiger partial charge on any atom is -0.444 e. The average molecular weight is 270 g/mol. The molecule has 1 saturated carbocycles. The highest BCUT2D eigenvalue weighted by atomic mass is 16.6. The molecule has 2 aliphatic rings. The second-order valence-corrected chi connectivity index (χ2v) is 6.96. The van der Waals surface area contributed by atoms with E-state index < -0.39 is 5.60 Å². The molecule has 110 valence electrons. The van der Waals surface area contributed by atoms with Gasteiger partial charge in [0.2, 0.25) is 0 Å². The van der Waals surface area contributed by atoms with Gasteiger partial charge in [0.05, 0.1) is 6.61 Å². The van der Waals surface area contributed by atoms with Gasteiger partial charge in [-0.15, -0.1) is 0 Å². The molecular weight excluding hydrogens is 244 g/mol. The lowest BCUT2D eigenvalue weighted by molar-refractivity contribution is 0.0270. The van der Waals surface area contributed by atoms with Crippen molar-refractivity contribution >= 4 is 6.09 Å². The van der Waals surface area contributed by atoms with Crippen LogP contribution < -0.4 is 5.90 Å². The largest absolute Gasteiger partial charge is 0.444 e. The van der Waals surface area contributed by atoms with Gasteiger partial charge in [0.15, 0.2) is 0 Å². The number of hydrogen-bond acceptors (Lipinski definition) is 4. The van der Waals surface area contributed by atoms with E-state index in [1.807, 2.05) is 25.7 Å². The first-order chi connectivity index (χ1) is 8.86. The van der Waals surface area contributed by atoms with Gasteiger partial charge in [-0.25, -0.2) is 10.7 Å². The minimum atomic E-state index is -0.442. The van der Waals surface area contributed by atoms with Crippen LogP contribution in [0.5, 0.6) is 0 Å². The van der Waals surface area contributed by atoms with E-state index in [2.05, 4.69) is 0 Å². The Bertz CT molecular complexity index is 332. The maximum Gasteiger partial charge on any atom is 0.410 e. The first-order valence-electron chi connectivity index (χ1n) is 7.16. The zero-order valence-corrected chi connectivity index (χ0v) is 12.3. The topological polar surface area (TPSA) is 64.8 Å². The lowest BCUT2D eigenvalue weighted by atomic mass is 9.77. The Morgan fingerprint density at radius 3 is 2.53 bits per heavy atom. The van der Waals surface area contributed by atoms with Crippen molar-refractivity contribution in [3.8, 4) is 0 Å². The minimum absolute atomic E-state index is 0.205. The lowest BCUT2D eigenvalue weighted by Gasteiger charge is -2.29. The Balaban J connectivity index is 2.03. The molecule has 2 N–H and O–H groups in total. The van der Waals surface area contributed by atoms with Crippen LogP contribution in [0.2, 0.25) is 0 Å². The fourth-order valence-corrected chi connectivity index (χ4v) is 3.49. The lowest BCUT2D eigenvalue weighted by Crippen LogP contribution is -2.36. The van der Waals surface area contributed by atoms with E-state index in [-0.39, 0.29) is 11.5 Å². The van der Waals surface area contributed by atoms with Gasteiger partial charge >= 0.3 is 6.09 Å². The summed E-state index contributed by atoms with van der Waals surface area (Å²) in [6.07, 6.45) is 4.60. The van der Waals surface area contributed by atoms with E-state index in [0.29, 0.717) is 19.1 Å². The Morgan fingerprint density at radius 1 is 1.37 bits per heavy atom. The first kappa shape index (κ1) is 14.6. The molecule has 1 unspecified atom stereocenters. The molecule has 19 heavy (non-hydrogen) atoms. The van der Waals surface area contributed by atoms with Crippen LogP contribution in [0, 0.1) is 11.3 Å². The SMILES string of the molecule is CC(C)(C)OC(=O)N1CC(CON)C2(CCCC2)C1. The monoisotopic (exact) mass is 270 g/mol. The number of carbonyl (C=O) groups excluding carboxylic acids is 1. The third kappa shape index (κ3) is 3.20. The molecule has 5 nitrogen and oxygen atoms in total. The molecular formula is C14H26N2O3. The molecule has 1 atom stereocenters. The third-order valence-corrected chi connectivity index (χ3v) is 4.36. The van der Waals surface area contributed by atoms with Crippen molar-refractivity contribution < 1.29 is 14.4 Å². The van der Waals surface area contributed by atoms with E-state index in [9.17, 15) is 4.79 Å². The maximum absolute atomic E-state index is 12.2. The standard InChI is InChI=1S/C14H26N2O3/c1-13(2,3)19-12(17)16-8-11(9-18-15)14(10-16)6-4-5-7-14/h11H,4-10,15H2,1-3H3. The number of amides is 1. The molecule has 5 heteroatoms. The number of ether oxygens (including phenoxy) is 1. The molecule has 2 fully saturated rings. The van der Waals surface area contributed by atoms with E-state index >= 15 is 0 Å². The summed E-state index contributed by atoms with van der Waals surface area (Å²) < 4.78 is 5.47. The van der Waals surface area contributed by atoms with Crippen LogP contribution in [0.1, 0.15) is 46.5 Å². The highest BCUT2D eigenvalue weighted by molar-refractivity contribution is 5.68. The van der Waals surface area contributed by atoms with E-state index in [1.54, 1.807) is 0 Å². The molecule has 1 aliphatic heterocycles. The predicted octanol–water partition coefficient (Wildman–Crippen LogP) is 2.30. The van der Waals surface area contributed by atoms with Crippen LogP contribution in [-0.2, 0) is 9.57 Å². The number of hydrogen-bond donors (Lipinski definition) is 1. The molecule has 0 aromatic carbocycles. The summed E-state index contributed by atoms with van der Waals surface area (Å²) in [6.45, 7) is 7.70. The Kier molecular flexibility index (Phi) is 4.06. The van der Waals surface area contributed by atoms with Crippen LogP contribution in [-0.4, -0.2) is 36.3 Å². The Labute approximate surface area is 115 Å². The van der Waals surface area contributed by atoms with Gasteiger partial charge in [-0.1, -0.05) is 12.8 Å². The second kappa shape index (κ2) is 5.29. The molecule has 2 rings (SSSR count). The van der Waals surface area contributed by atoms with E-state index in [4.69, 9.17) is 15.5 Å². The normalized spacial score (nSPS) is 26.1. The van der Waals surface area contributed by atoms with Gasteiger partial charge in [0.1, 0.15) is 5.60 Å². The molecule has 1 heterocycles. The number of carbonyl (C=O) groups is 1. The smallest absolute Gasteiger partial charge is 0.410 e. The molecule has 1 aliphatic carbocycles. The molecule has 1 spiro atoms. The number of rotatable bonds is 2. The van der Waals surface area contributed by atoms with Crippen molar-refractivity contribution in [2.45, 2.75) is 52.1 Å². The van der Waals surface area contributed by atoms with Gasteiger partial charge in [0, 0.05) is 19.0 Å².